The zero-order chi connectivity index (χ0) is 51.9. The molecule has 0 heteroatoms. The molecule has 0 nitrogen and oxygen atoms in total. The van der Waals surface area contributed by atoms with E-state index in [1.54, 1.807) is 0 Å². The van der Waals surface area contributed by atoms with E-state index in [4.69, 9.17) is 0 Å². The second-order valence-electron chi connectivity index (χ2n) is 25.6. The molecule has 0 aliphatic heterocycles. The largest absolute Gasteiger partial charge is 0.0619 e. The van der Waals surface area contributed by atoms with Gasteiger partial charge in [0, 0.05) is 10.8 Å². The highest BCUT2D eigenvalue weighted by Gasteiger charge is 2.40. The highest BCUT2D eigenvalue weighted by molar-refractivity contribution is 6.33. The number of hydrogen-bond donors (Lipinski definition) is 0. The van der Waals surface area contributed by atoms with Gasteiger partial charge in [-0.25, -0.2) is 0 Å². The van der Waals surface area contributed by atoms with Crippen molar-refractivity contribution in [2.45, 2.75) is 90.9 Å². The molecule has 0 N–H and O–H groups in total. The van der Waals surface area contributed by atoms with E-state index in [2.05, 4.69) is 263 Å². The summed E-state index contributed by atoms with van der Waals surface area (Å²) in [5.41, 5.74) is 34.4. The first kappa shape index (κ1) is 45.3. The van der Waals surface area contributed by atoms with Gasteiger partial charge in [0.05, 0.1) is 0 Å². The summed E-state index contributed by atoms with van der Waals surface area (Å²) >= 11 is 0. The Balaban J connectivity index is 1.03. The molecule has 0 saturated carbocycles. The van der Waals surface area contributed by atoms with Crippen LogP contribution in [0.25, 0.3) is 133 Å². The predicted molar refractivity (Wildman–Crippen MR) is 325 cm³/mol. The third-order valence-corrected chi connectivity index (χ3v) is 18.5. The van der Waals surface area contributed by atoms with Gasteiger partial charge in [-0.05, 0) is 189 Å². The fraction of sp³-hybridized carbons (Fsp3) is 0.184. The Morgan fingerprint density at radius 2 is 0.592 bits per heavy atom. The van der Waals surface area contributed by atoms with Crippen molar-refractivity contribution in [3.05, 3.63) is 228 Å². The lowest BCUT2D eigenvalue weighted by molar-refractivity contribution is 0.590. The monoisotopic (exact) mass is 974 g/mol. The van der Waals surface area contributed by atoms with E-state index < -0.39 is 0 Å². The average Bonchev–Trinajstić information content (AvgIpc) is 4.09. The maximum absolute atomic E-state index is 2.52. The highest BCUT2D eigenvalue weighted by atomic mass is 14.4. The maximum atomic E-state index is 2.52. The molecular formula is C76H62. The van der Waals surface area contributed by atoms with Crippen molar-refractivity contribution in [3.8, 4) is 111 Å². The second kappa shape index (κ2) is 15.3. The molecule has 0 radical (unpaired) electrons. The highest BCUT2D eigenvalue weighted by Crippen LogP contribution is 2.64. The summed E-state index contributed by atoms with van der Waals surface area (Å²) in [6.45, 7) is 23.6. The molecule has 0 atom stereocenters. The van der Waals surface area contributed by atoms with E-state index in [-0.39, 0.29) is 21.7 Å². The molecule has 11 aromatic carbocycles. The Morgan fingerprint density at radius 1 is 0.250 bits per heavy atom. The molecule has 15 rings (SSSR count). The van der Waals surface area contributed by atoms with Crippen LogP contribution in [0.1, 0.15) is 103 Å². The van der Waals surface area contributed by atoms with Crippen LogP contribution in [0.5, 0.6) is 0 Å². The Bertz CT molecular complexity index is 4120. The first-order chi connectivity index (χ1) is 36.5. The fourth-order valence-electron chi connectivity index (χ4n) is 14.6. The van der Waals surface area contributed by atoms with Gasteiger partial charge in [0.15, 0.2) is 0 Å². The van der Waals surface area contributed by atoms with Crippen LogP contribution in [0.15, 0.2) is 194 Å². The summed E-state index contributed by atoms with van der Waals surface area (Å²) in [5, 5.41) is 5.32. The molecule has 11 aromatic rings. The van der Waals surface area contributed by atoms with Crippen LogP contribution in [0, 0.1) is 0 Å². The summed E-state index contributed by atoms with van der Waals surface area (Å²) in [4.78, 5) is 0. The SMILES string of the molecule is CC(C)(C)c1cccc(-c2c3c(c(-c4cccc(C(C)(C)C)c4)c4ccccc24)-c2ccc4c5c(ccc-3c25)-c2c(-c3ccc5c(c3)C(C)(C)c3ccccc3-5)ccc(-c3ccc5c(c3)C(C)(C)c3ccccc3-5)c2-4)c1. The molecular weight excluding hydrogens is 913 g/mol. The van der Waals surface area contributed by atoms with Gasteiger partial charge in [-0.2, -0.15) is 0 Å². The predicted octanol–water partition coefficient (Wildman–Crippen LogP) is 21.2. The standard InChI is InChI=1S/C76H62/c1-73(2,3)47-21-17-19-45(39-47)65-55-25-11-12-26-56(55)66(46-20-18-22-48(40-46)74(4,5)6)72-60-38-36-58-68-50(44-30-32-54-52-24-14-16-28-62(52)76(9,10)64(54)42-44)34-33-49(67(68)57-35-37-59(71(65)72)70(60)69(57)58)43-29-31-53-51-23-13-15-27-61(51)75(7,8)63(53)41-43/h11-42H,1-10H3. The van der Waals surface area contributed by atoms with E-state index in [1.165, 1.54) is 166 Å². The normalized spacial score (nSPS) is 14.7. The van der Waals surface area contributed by atoms with E-state index >= 15 is 0 Å². The Morgan fingerprint density at radius 3 is 1.00 bits per heavy atom. The molecule has 0 spiro atoms. The van der Waals surface area contributed by atoms with Gasteiger partial charge in [0.2, 0.25) is 0 Å². The average molecular weight is 975 g/mol. The lowest BCUT2D eigenvalue weighted by Gasteiger charge is -2.24. The molecule has 0 saturated heterocycles. The van der Waals surface area contributed by atoms with Crippen LogP contribution < -0.4 is 0 Å². The Labute approximate surface area is 448 Å². The van der Waals surface area contributed by atoms with Crippen LogP contribution in [0.2, 0.25) is 0 Å². The smallest absolute Gasteiger partial charge is 0.0159 e. The minimum absolute atomic E-state index is 0.00776. The van der Waals surface area contributed by atoms with Gasteiger partial charge in [0.1, 0.15) is 0 Å². The van der Waals surface area contributed by atoms with Crippen molar-refractivity contribution in [1.29, 1.82) is 0 Å². The molecule has 0 heterocycles. The van der Waals surface area contributed by atoms with Crippen LogP contribution in [-0.2, 0) is 21.7 Å². The summed E-state index contributed by atoms with van der Waals surface area (Å²) < 4.78 is 0. The van der Waals surface area contributed by atoms with Crippen molar-refractivity contribution < 1.29 is 0 Å². The number of benzene rings is 11. The fourth-order valence-corrected chi connectivity index (χ4v) is 14.6. The third kappa shape index (κ3) is 6.08. The molecule has 0 aromatic heterocycles. The van der Waals surface area contributed by atoms with E-state index in [1.807, 2.05) is 0 Å². The van der Waals surface area contributed by atoms with E-state index in [0.717, 1.165) is 0 Å². The summed E-state index contributed by atoms with van der Waals surface area (Å²) in [6, 6.07) is 75.7. The lowest BCUT2D eigenvalue weighted by atomic mass is 9.79. The van der Waals surface area contributed by atoms with Gasteiger partial charge >= 0.3 is 0 Å². The lowest BCUT2D eigenvalue weighted by Crippen LogP contribution is -2.15. The van der Waals surface area contributed by atoms with Gasteiger partial charge in [-0.3, -0.25) is 0 Å². The molecule has 4 aliphatic rings. The Hall–Kier alpha value is -8.06. The third-order valence-electron chi connectivity index (χ3n) is 18.5. The first-order valence-electron chi connectivity index (χ1n) is 27.6. The number of rotatable bonds is 4. The van der Waals surface area contributed by atoms with Crippen molar-refractivity contribution in [2.24, 2.45) is 0 Å². The van der Waals surface area contributed by atoms with E-state index in [9.17, 15) is 0 Å². The van der Waals surface area contributed by atoms with Crippen LogP contribution in [0.4, 0.5) is 0 Å². The Kier molecular flexibility index (Phi) is 9.13. The molecule has 366 valence electrons. The topological polar surface area (TPSA) is 0 Å². The molecule has 0 unspecified atom stereocenters. The quantitative estimate of drug-likeness (QED) is 0.165. The minimum Gasteiger partial charge on any atom is -0.0619 e. The van der Waals surface area contributed by atoms with Gasteiger partial charge in [-0.1, -0.05) is 251 Å². The van der Waals surface area contributed by atoms with Crippen LogP contribution >= 0.6 is 0 Å². The first-order valence-corrected chi connectivity index (χ1v) is 27.6. The van der Waals surface area contributed by atoms with Crippen molar-refractivity contribution in [2.75, 3.05) is 0 Å². The van der Waals surface area contributed by atoms with Gasteiger partial charge in [-0.15, -0.1) is 0 Å². The van der Waals surface area contributed by atoms with Gasteiger partial charge in [0.25, 0.3) is 0 Å². The molecule has 0 fully saturated rings. The van der Waals surface area contributed by atoms with Crippen molar-refractivity contribution in [1.82, 2.24) is 0 Å². The molecule has 4 aliphatic carbocycles. The minimum atomic E-state index is -0.116. The van der Waals surface area contributed by atoms with Crippen molar-refractivity contribution in [3.63, 3.8) is 0 Å². The zero-order valence-corrected chi connectivity index (χ0v) is 45.5. The van der Waals surface area contributed by atoms with Crippen LogP contribution in [0.3, 0.4) is 0 Å². The summed E-state index contributed by atoms with van der Waals surface area (Å²) in [6.07, 6.45) is 0. The second-order valence-corrected chi connectivity index (χ2v) is 25.6. The maximum Gasteiger partial charge on any atom is 0.0159 e. The van der Waals surface area contributed by atoms with Gasteiger partial charge < -0.3 is 0 Å². The molecule has 76 heavy (non-hydrogen) atoms. The zero-order valence-electron chi connectivity index (χ0n) is 45.5. The summed E-state index contributed by atoms with van der Waals surface area (Å²) in [5.74, 6) is 0. The number of hydrogen-bond acceptors (Lipinski definition) is 0. The molecule has 0 amide bonds. The van der Waals surface area contributed by atoms with Crippen LogP contribution in [-0.4, -0.2) is 0 Å². The van der Waals surface area contributed by atoms with E-state index in [0.29, 0.717) is 0 Å². The molecule has 0 bridgehead atoms. The van der Waals surface area contributed by atoms with Crippen molar-refractivity contribution >= 4 is 21.5 Å². The summed E-state index contributed by atoms with van der Waals surface area (Å²) in [7, 11) is 0. The number of fused-ring (bicyclic) bond motifs is 13.